The molecule has 3 rings (SSSR count). The van der Waals surface area contributed by atoms with E-state index >= 15 is 0 Å². The average Bonchev–Trinajstić information content (AvgIpc) is 3.04. The van der Waals surface area contributed by atoms with Gasteiger partial charge in [0.2, 0.25) is 0 Å². The Hall–Kier alpha value is -2.21. The summed E-state index contributed by atoms with van der Waals surface area (Å²) in [6, 6.07) is 9.90. The number of thiazole rings is 1. The maximum Gasteiger partial charge on any atom is 0.350 e. The largest absolute Gasteiger partial charge is 0.451 e. The highest BCUT2D eigenvalue weighted by Gasteiger charge is 2.22. The molecular formula is C20H24N2O3S. The van der Waals surface area contributed by atoms with Crippen LogP contribution >= 0.6 is 11.3 Å². The Morgan fingerprint density at radius 1 is 1.19 bits per heavy atom. The Labute approximate surface area is 157 Å². The molecule has 6 heteroatoms. The van der Waals surface area contributed by atoms with Crippen LogP contribution in [0.4, 0.5) is 0 Å². The standard InChI is InChI=1S/C20H24N2O3S/c1-13-8-10-16(11-9-13)22-17(23)12-25-20(24)18-14(2)21-19(26-18)15-6-4-3-5-7-15/h3-7,13,16H,8-12H2,1-2H3,(H,22,23). The van der Waals surface area contributed by atoms with Crippen molar-refractivity contribution in [3.8, 4) is 10.6 Å². The van der Waals surface area contributed by atoms with Crippen LogP contribution in [-0.2, 0) is 9.53 Å². The smallest absolute Gasteiger partial charge is 0.350 e. The van der Waals surface area contributed by atoms with E-state index in [-0.39, 0.29) is 18.6 Å². The third-order valence-corrected chi connectivity index (χ3v) is 5.90. The first kappa shape index (κ1) is 18.6. The molecule has 1 N–H and O–H groups in total. The molecule has 0 atom stereocenters. The Kier molecular flexibility index (Phi) is 6.04. The van der Waals surface area contributed by atoms with E-state index in [1.807, 2.05) is 30.3 Å². The van der Waals surface area contributed by atoms with Crippen molar-refractivity contribution in [2.45, 2.75) is 45.6 Å². The fraction of sp³-hybridized carbons (Fsp3) is 0.450. The highest BCUT2D eigenvalue weighted by Crippen LogP contribution is 2.28. The van der Waals surface area contributed by atoms with E-state index in [0.29, 0.717) is 10.6 Å². The number of carbonyl (C=O) groups is 2. The maximum atomic E-state index is 12.3. The van der Waals surface area contributed by atoms with Crippen LogP contribution in [0.2, 0.25) is 0 Å². The van der Waals surface area contributed by atoms with Crippen LogP contribution < -0.4 is 5.32 Å². The number of aromatic nitrogens is 1. The van der Waals surface area contributed by atoms with Crippen molar-refractivity contribution in [3.63, 3.8) is 0 Å². The summed E-state index contributed by atoms with van der Waals surface area (Å²) < 4.78 is 5.20. The molecular weight excluding hydrogens is 348 g/mol. The molecule has 0 radical (unpaired) electrons. The lowest BCUT2D eigenvalue weighted by atomic mass is 9.87. The topological polar surface area (TPSA) is 68.3 Å². The van der Waals surface area contributed by atoms with Gasteiger partial charge in [-0.3, -0.25) is 4.79 Å². The number of ether oxygens (including phenoxy) is 1. The first-order valence-electron chi connectivity index (χ1n) is 9.02. The molecule has 1 amide bonds. The van der Waals surface area contributed by atoms with Gasteiger partial charge in [0.1, 0.15) is 9.88 Å². The molecule has 138 valence electrons. The summed E-state index contributed by atoms with van der Waals surface area (Å²) in [5, 5.41) is 3.74. The minimum atomic E-state index is -0.491. The fourth-order valence-corrected chi connectivity index (χ4v) is 4.13. The summed E-state index contributed by atoms with van der Waals surface area (Å²) in [7, 11) is 0. The average molecular weight is 372 g/mol. The number of carbonyl (C=O) groups excluding carboxylic acids is 2. The predicted octanol–water partition coefficient (Wildman–Crippen LogP) is 3.97. The Balaban J connectivity index is 1.53. The van der Waals surface area contributed by atoms with Crippen LogP contribution in [-0.4, -0.2) is 29.5 Å². The van der Waals surface area contributed by atoms with Gasteiger partial charge in [-0.2, -0.15) is 0 Å². The van der Waals surface area contributed by atoms with Crippen LogP contribution in [0.1, 0.15) is 48.0 Å². The van der Waals surface area contributed by atoms with E-state index < -0.39 is 5.97 Å². The van der Waals surface area contributed by atoms with Gasteiger partial charge >= 0.3 is 5.97 Å². The van der Waals surface area contributed by atoms with Crippen molar-refractivity contribution in [3.05, 3.63) is 40.9 Å². The van der Waals surface area contributed by atoms with Crippen LogP contribution in [0.3, 0.4) is 0 Å². The summed E-state index contributed by atoms with van der Waals surface area (Å²) in [5.74, 6) is 0.00652. The number of nitrogens with zero attached hydrogens (tertiary/aromatic N) is 1. The molecule has 0 aliphatic heterocycles. The molecule has 1 aliphatic carbocycles. The first-order chi connectivity index (χ1) is 12.5. The number of nitrogens with one attached hydrogen (secondary N) is 1. The van der Waals surface area contributed by atoms with E-state index in [1.54, 1.807) is 6.92 Å². The molecule has 1 aromatic carbocycles. The van der Waals surface area contributed by atoms with Gasteiger partial charge in [-0.1, -0.05) is 37.3 Å². The van der Waals surface area contributed by atoms with E-state index in [4.69, 9.17) is 4.74 Å². The number of hydrogen-bond acceptors (Lipinski definition) is 5. The summed E-state index contributed by atoms with van der Waals surface area (Å²) in [4.78, 5) is 29.3. The number of esters is 1. The van der Waals surface area contributed by atoms with Gasteiger partial charge in [0.25, 0.3) is 5.91 Å². The monoisotopic (exact) mass is 372 g/mol. The lowest BCUT2D eigenvalue weighted by Gasteiger charge is -2.26. The Morgan fingerprint density at radius 2 is 1.88 bits per heavy atom. The number of aryl methyl sites for hydroxylation is 1. The number of hydrogen-bond donors (Lipinski definition) is 1. The molecule has 1 aromatic heterocycles. The van der Waals surface area contributed by atoms with Crippen LogP contribution in [0.5, 0.6) is 0 Å². The zero-order chi connectivity index (χ0) is 18.5. The third kappa shape index (κ3) is 4.69. The summed E-state index contributed by atoms with van der Waals surface area (Å²) in [6.45, 7) is 3.77. The first-order valence-corrected chi connectivity index (χ1v) is 9.84. The van der Waals surface area contributed by atoms with Crippen molar-refractivity contribution in [1.29, 1.82) is 0 Å². The van der Waals surface area contributed by atoms with Crippen LogP contribution in [0, 0.1) is 12.8 Å². The highest BCUT2D eigenvalue weighted by atomic mass is 32.1. The maximum absolute atomic E-state index is 12.3. The van der Waals surface area contributed by atoms with Gasteiger partial charge in [0.05, 0.1) is 5.69 Å². The second kappa shape index (κ2) is 8.45. The van der Waals surface area contributed by atoms with Gasteiger partial charge in [-0.15, -0.1) is 11.3 Å². The molecule has 0 saturated heterocycles. The second-order valence-electron chi connectivity index (χ2n) is 6.90. The molecule has 1 heterocycles. The van der Waals surface area contributed by atoms with Gasteiger partial charge in [0.15, 0.2) is 6.61 Å². The molecule has 5 nitrogen and oxygen atoms in total. The molecule has 0 unspecified atom stereocenters. The van der Waals surface area contributed by atoms with E-state index in [2.05, 4.69) is 17.2 Å². The van der Waals surface area contributed by atoms with Crippen LogP contribution in [0.25, 0.3) is 10.6 Å². The molecule has 1 aliphatic rings. The van der Waals surface area contributed by atoms with Crippen LogP contribution in [0.15, 0.2) is 30.3 Å². The molecule has 0 bridgehead atoms. The molecule has 26 heavy (non-hydrogen) atoms. The fourth-order valence-electron chi connectivity index (χ4n) is 3.16. The number of rotatable bonds is 5. The minimum absolute atomic E-state index is 0.201. The van der Waals surface area contributed by atoms with Crippen molar-refractivity contribution in [2.24, 2.45) is 5.92 Å². The summed E-state index contributed by atoms with van der Waals surface area (Å²) >= 11 is 1.29. The number of amides is 1. The summed E-state index contributed by atoms with van der Waals surface area (Å²) in [6.07, 6.45) is 4.25. The lowest BCUT2D eigenvalue weighted by Crippen LogP contribution is -2.39. The molecule has 0 spiro atoms. The van der Waals surface area contributed by atoms with Gasteiger partial charge in [-0.05, 0) is 38.5 Å². The molecule has 1 saturated carbocycles. The highest BCUT2D eigenvalue weighted by molar-refractivity contribution is 7.17. The van der Waals surface area contributed by atoms with E-state index in [0.717, 1.165) is 42.2 Å². The van der Waals surface area contributed by atoms with E-state index in [9.17, 15) is 9.59 Å². The zero-order valence-electron chi connectivity index (χ0n) is 15.2. The second-order valence-corrected chi connectivity index (χ2v) is 7.90. The normalized spacial score (nSPS) is 19.8. The van der Waals surface area contributed by atoms with Gasteiger partial charge in [0, 0.05) is 11.6 Å². The van der Waals surface area contributed by atoms with Gasteiger partial charge in [-0.25, -0.2) is 9.78 Å². The predicted molar refractivity (Wildman–Crippen MR) is 102 cm³/mol. The van der Waals surface area contributed by atoms with Crippen molar-refractivity contribution >= 4 is 23.2 Å². The van der Waals surface area contributed by atoms with Crippen molar-refractivity contribution < 1.29 is 14.3 Å². The lowest BCUT2D eigenvalue weighted by molar-refractivity contribution is -0.125. The SMILES string of the molecule is Cc1nc(-c2ccccc2)sc1C(=O)OCC(=O)NC1CCC(C)CC1. The van der Waals surface area contributed by atoms with E-state index in [1.165, 1.54) is 11.3 Å². The quantitative estimate of drug-likeness (QED) is 0.807. The Bertz CT molecular complexity index is 765. The minimum Gasteiger partial charge on any atom is -0.451 e. The number of benzene rings is 1. The van der Waals surface area contributed by atoms with Crippen molar-refractivity contribution in [2.75, 3.05) is 6.61 Å². The summed E-state index contributed by atoms with van der Waals surface area (Å²) in [5.41, 5.74) is 1.59. The molecule has 1 fully saturated rings. The van der Waals surface area contributed by atoms with Gasteiger partial charge < -0.3 is 10.1 Å². The molecule has 2 aromatic rings. The zero-order valence-corrected chi connectivity index (χ0v) is 16.0. The van der Waals surface area contributed by atoms with Crippen molar-refractivity contribution in [1.82, 2.24) is 10.3 Å². The third-order valence-electron chi connectivity index (χ3n) is 4.72. The Morgan fingerprint density at radius 3 is 2.58 bits per heavy atom.